The molecule has 6 nitrogen and oxygen atoms in total. The van der Waals surface area contributed by atoms with Crippen LogP contribution in [0.4, 0.5) is 0 Å². The standard InChI is InChI=1S/C19H16Cl2N2O4/c20-12-5-6-14(21)17(8-12)27-10-18(24)23-16(19(25)26)7-11-9-22-15-4-2-1-3-13(11)15/h1-6,8-9,16,22H,7,10H2,(H,23,24)(H,25,26). The average molecular weight is 407 g/mol. The summed E-state index contributed by atoms with van der Waals surface area (Å²) in [6.45, 7) is -0.377. The van der Waals surface area contributed by atoms with E-state index >= 15 is 0 Å². The third kappa shape index (κ3) is 4.72. The highest BCUT2D eigenvalue weighted by Crippen LogP contribution is 2.27. The van der Waals surface area contributed by atoms with E-state index in [0.29, 0.717) is 10.0 Å². The summed E-state index contributed by atoms with van der Waals surface area (Å²) in [4.78, 5) is 26.8. The highest BCUT2D eigenvalue weighted by atomic mass is 35.5. The number of aromatic amines is 1. The molecule has 0 radical (unpaired) electrons. The van der Waals surface area contributed by atoms with Gasteiger partial charge in [-0.2, -0.15) is 0 Å². The topological polar surface area (TPSA) is 91.4 Å². The predicted molar refractivity (Wildman–Crippen MR) is 104 cm³/mol. The van der Waals surface area contributed by atoms with Crippen LogP contribution in [0.1, 0.15) is 5.56 Å². The number of fused-ring (bicyclic) bond motifs is 1. The Hall–Kier alpha value is -2.70. The Labute approximate surface area is 165 Å². The molecule has 1 heterocycles. The van der Waals surface area contributed by atoms with Crippen molar-refractivity contribution in [3.05, 3.63) is 64.3 Å². The number of carbonyl (C=O) groups is 2. The Morgan fingerprint density at radius 3 is 2.74 bits per heavy atom. The van der Waals surface area contributed by atoms with Gasteiger partial charge in [0.1, 0.15) is 11.8 Å². The van der Waals surface area contributed by atoms with Gasteiger partial charge in [0.25, 0.3) is 5.91 Å². The summed E-state index contributed by atoms with van der Waals surface area (Å²) in [6, 6.07) is 11.1. The molecule has 2 aromatic carbocycles. The van der Waals surface area contributed by atoms with Crippen LogP contribution in [0.5, 0.6) is 5.75 Å². The van der Waals surface area contributed by atoms with E-state index in [1.807, 2.05) is 24.3 Å². The molecule has 8 heteroatoms. The lowest BCUT2D eigenvalue weighted by Gasteiger charge is -2.15. The van der Waals surface area contributed by atoms with Gasteiger partial charge in [-0.15, -0.1) is 0 Å². The molecule has 1 unspecified atom stereocenters. The van der Waals surface area contributed by atoms with Crippen LogP contribution >= 0.6 is 23.2 Å². The maximum atomic E-state index is 12.1. The van der Waals surface area contributed by atoms with Crippen molar-refractivity contribution in [2.75, 3.05) is 6.61 Å². The largest absolute Gasteiger partial charge is 0.482 e. The minimum Gasteiger partial charge on any atom is -0.482 e. The number of aliphatic carboxylic acids is 1. The van der Waals surface area contributed by atoms with E-state index in [9.17, 15) is 14.7 Å². The van der Waals surface area contributed by atoms with Crippen molar-refractivity contribution < 1.29 is 19.4 Å². The van der Waals surface area contributed by atoms with Gasteiger partial charge in [0.05, 0.1) is 5.02 Å². The number of carbonyl (C=O) groups excluding carboxylic acids is 1. The number of ether oxygens (including phenoxy) is 1. The first-order valence-electron chi connectivity index (χ1n) is 8.09. The van der Waals surface area contributed by atoms with Crippen LogP contribution in [0.25, 0.3) is 10.9 Å². The number of hydrogen-bond donors (Lipinski definition) is 3. The van der Waals surface area contributed by atoms with Crippen molar-refractivity contribution in [1.29, 1.82) is 0 Å². The van der Waals surface area contributed by atoms with E-state index in [1.54, 1.807) is 18.3 Å². The molecule has 0 aliphatic rings. The maximum Gasteiger partial charge on any atom is 0.326 e. The van der Waals surface area contributed by atoms with Gasteiger partial charge in [-0.1, -0.05) is 41.4 Å². The second kappa shape index (κ2) is 8.33. The number of benzene rings is 2. The second-order valence-corrected chi connectivity index (χ2v) is 6.73. The molecule has 1 aromatic heterocycles. The minimum atomic E-state index is -1.13. The van der Waals surface area contributed by atoms with Crippen molar-refractivity contribution in [2.24, 2.45) is 0 Å². The number of H-pyrrole nitrogens is 1. The zero-order chi connectivity index (χ0) is 19.4. The molecule has 0 aliphatic carbocycles. The number of amides is 1. The second-order valence-electron chi connectivity index (χ2n) is 5.89. The van der Waals surface area contributed by atoms with Crippen LogP contribution in [0.15, 0.2) is 48.7 Å². The molecule has 27 heavy (non-hydrogen) atoms. The number of halogens is 2. The SMILES string of the molecule is O=C(COc1cc(Cl)ccc1Cl)NC(Cc1c[nH]c2ccccc12)C(=O)O. The van der Waals surface area contributed by atoms with E-state index in [1.165, 1.54) is 6.07 Å². The zero-order valence-corrected chi connectivity index (χ0v) is 15.6. The zero-order valence-electron chi connectivity index (χ0n) is 14.0. The van der Waals surface area contributed by atoms with Gasteiger partial charge in [0, 0.05) is 34.6 Å². The van der Waals surface area contributed by atoms with Crippen LogP contribution in [-0.2, 0) is 16.0 Å². The Morgan fingerprint density at radius 1 is 1.19 bits per heavy atom. The summed E-state index contributed by atoms with van der Waals surface area (Å²) in [5.41, 5.74) is 1.71. The summed E-state index contributed by atoms with van der Waals surface area (Å²) < 4.78 is 5.34. The Morgan fingerprint density at radius 2 is 1.96 bits per heavy atom. The van der Waals surface area contributed by atoms with Crippen molar-refractivity contribution in [1.82, 2.24) is 10.3 Å². The minimum absolute atomic E-state index is 0.142. The monoisotopic (exact) mass is 406 g/mol. The third-order valence-corrected chi connectivity index (χ3v) is 4.53. The van der Waals surface area contributed by atoms with Crippen LogP contribution in [-0.4, -0.2) is 34.6 Å². The van der Waals surface area contributed by atoms with Crippen LogP contribution in [0.3, 0.4) is 0 Å². The first-order chi connectivity index (χ1) is 12.9. The van der Waals surface area contributed by atoms with Crippen molar-refractivity contribution in [3.63, 3.8) is 0 Å². The lowest BCUT2D eigenvalue weighted by atomic mass is 10.1. The summed E-state index contributed by atoms with van der Waals surface area (Å²) in [7, 11) is 0. The van der Waals surface area contributed by atoms with Gasteiger partial charge in [0.15, 0.2) is 6.61 Å². The van der Waals surface area contributed by atoms with Crippen molar-refractivity contribution in [3.8, 4) is 5.75 Å². The number of carboxylic acid groups (broad SMARTS) is 1. The number of rotatable bonds is 7. The highest BCUT2D eigenvalue weighted by Gasteiger charge is 2.22. The molecule has 140 valence electrons. The molecule has 0 saturated heterocycles. The van der Waals surface area contributed by atoms with E-state index < -0.39 is 17.9 Å². The number of hydrogen-bond acceptors (Lipinski definition) is 3. The molecule has 3 aromatic rings. The summed E-state index contributed by atoms with van der Waals surface area (Å²) in [5, 5.41) is 13.6. The lowest BCUT2D eigenvalue weighted by molar-refractivity contribution is -0.142. The van der Waals surface area contributed by atoms with E-state index in [0.717, 1.165) is 16.5 Å². The van der Waals surface area contributed by atoms with E-state index in [4.69, 9.17) is 27.9 Å². The molecule has 1 atom stereocenters. The summed E-state index contributed by atoms with van der Waals surface area (Å²) in [6.07, 6.45) is 1.89. The fraction of sp³-hybridized carbons (Fsp3) is 0.158. The molecule has 3 rings (SSSR count). The normalized spacial score (nSPS) is 11.9. The molecular formula is C19H16Cl2N2O4. The smallest absolute Gasteiger partial charge is 0.326 e. The quantitative estimate of drug-likeness (QED) is 0.558. The van der Waals surface area contributed by atoms with Crippen LogP contribution in [0, 0.1) is 0 Å². The molecule has 0 spiro atoms. The number of aromatic nitrogens is 1. The van der Waals surface area contributed by atoms with Crippen molar-refractivity contribution in [2.45, 2.75) is 12.5 Å². The van der Waals surface area contributed by atoms with Gasteiger partial charge in [-0.25, -0.2) is 4.79 Å². The van der Waals surface area contributed by atoms with Gasteiger partial charge in [-0.05, 0) is 23.8 Å². The van der Waals surface area contributed by atoms with Gasteiger partial charge in [-0.3, -0.25) is 4.79 Å². The van der Waals surface area contributed by atoms with Gasteiger partial charge in [0.2, 0.25) is 0 Å². The molecule has 3 N–H and O–H groups in total. The predicted octanol–water partition coefficient (Wildman–Crippen LogP) is 3.67. The molecular weight excluding hydrogens is 391 g/mol. The molecule has 0 aliphatic heterocycles. The fourth-order valence-corrected chi connectivity index (χ4v) is 3.02. The lowest BCUT2D eigenvalue weighted by Crippen LogP contribution is -2.44. The molecule has 0 saturated carbocycles. The van der Waals surface area contributed by atoms with Gasteiger partial charge >= 0.3 is 5.97 Å². The van der Waals surface area contributed by atoms with Gasteiger partial charge < -0.3 is 20.1 Å². The van der Waals surface area contributed by atoms with Crippen LogP contribution in [0.2, 0.25) is 10.0 Å². The third-order valence-electron chi connectivity index (χ3n) is 3.98. The van der Waals surface area contributed by atoms with Crippen molar-refractivity contribution >= 4 is 46.0 Å². The highest BCUT2D eigenvalue weighted by molar-refractivity contribution is 6.34. The number of nitrogens with one attached hydrogen (secondary N) is 2. The summed E-state index contributed by atoms with van der Waals surface area (Å²) >= 11 is 11.8. The summed E-state index contributed by atoms with van der Waals surface area (Å²) in [5.74, 6) is -1.45. The number of carboxylic acids is 1. The molecule has 0 bridgehead atoms. The number of para-hydroxylation sites is 1. The molecule has 0 fully saturated rings. The fourth-order valence-electron chi connectivity index (χ4n) is 2.69. The van der Waals surface area contributed by atoms with E-state index in [-0.39, 0.29) is 18.8 Å². The molecule has 1 amide bonds. The van der Waals surface area contributed by atoms with E-state index in [2.05, 4.69) is 10.3 Å². The first-order valence-corrected chi connectivity index (χ1v) is 8.84. The average Bonchev–Trinajstić information content (AvgIpc) is 3.05. The Balaban J connectivity index is 1.64. The Bertz CT molecular complexity index is 987. The van der Waals surface area contributed by atoms with Crippen LogP contribution < -0.4 is 10.1 Å². The first kappa shape index (κ1) is 19.1. The Kier molecular flexibility index (Phi) is 5.88. The maximum absolute atomic E-state index is 12.1.